The molecule has 0 fully saturated rings. The largest absolute Gasteiger partial charge is 0.466 e. The normalized spacial score (nSPS) is 13.6. The van der Waals surface area contributed by atoms with Crippen LogP contribution in [0.1, 0.15) is 77.1 Å². The van der Waals surface area contributed by atoms with Crippen molar-refractivity contribution in [2.45, 2.75) is 85.9 Å². The molecule has 0 bridgehead atoms. The zero-order chi connectivity index (χ0) is 29.0. The molecule has 0 spiro atoms. The Labute approximate surface area is 226 Å². The molecule has 3 amide bonds. The van der Waals surface area contributed by atoms with Gasteiger partial charge in [-0.25, -0.2) is 4.79 Å². The van der Waals surface area contributed by atoms with Gasteiger partial charge >= 0.3 is 12.1 Å². The number of aliphatic hydroxyl groups is 1. The summed E-state index contributed by atoms with van der Waals surface area (Å²) >= 11 is 0. The summed E-state index contributed by atoms with van der Waals surface area (Å²) in [5.74, 6) is -1.77. The van der Waals surface area contributed by atoms with Crippen molar-refractivity contribution in [1.29, 1.82) is 0 Å². The van der Waals surface area contributed by atoms with Gasteiger partial charge in [-0.15, -0.1) is 0 Å². The van der Waals surface area contributed by atoms with Crippen LogP contribution in [-0.4, -0.2) is 71.8 Å². The molecular formula is C28H45N3O7. The average molecular weight is 536 g/mol. The van der Waals surface area contributed by atoms with Gasteiger partial charge in [-0.05, 0) is 64.2 Å². The molecule has 214 valence electrons. The van der Waals surface area contributed by atoms with Crippen molar-refractivity contribution >= 4 is 23.9 Å². The van der Waals surface area contributed by atoms with Crippen LogP contribution in [0.2, 0.25) is 0 Å². The first-order chi connectivity index (χ1) is 17.7. The summed E-state index contributed by atoms with van der Waals surface area (Å²) in [4.78, 5) is 53.1. The van der Waals surface area contributed by atoms with E-state index in [9.17, 15) is 24.3 Å². The molecule has 38 heavy (non-hydrogen) atoms. The van der Waals surface area contributed by atoms with Gasteiger partial charge in [-0.2, -0.15) is 0 Å². The molecule has 0 aliphatic rings. The predicted molar refractivity (Wildman–Crippen MR) is 144 cm³/mol. The Bertz CT molecular complexity index is 958. The molecule has 10 heteroatoms. The topological polar surface area (TPSA) is 134 Å². The van der Waals surface area contributed by atoms with Crippen LogP contribution < -0.4 is 10.6 Å². The Morgan fingerprint density at radius 3 is 2.26 bits per heavy atom. The molecule has 0 aliphatic carbocycles. The third-order valence-corrected chi connectivity index (χ3v) is 6.12. The van der Waals surface area contributed by atoms with Crippen molar-refractivity contribution in [2.75, 3.05) is 26.3 Å². The highest BCUT2D eigenvalue weighted by molar-refractivity contribution is 5.92. The first kappa shape index (κ1) is 32.9. The smallest absolute Gasteiger partial charge is 0.408 e. The minimum Gasteiger partial charge on any atom is -0.466 e. The number of rotatable bonds is 13. The summed E-state index contributed by atoms with van der Waals surface area (Å²) in [5, 5.41) is 15.3. The first-order valence-electron chi connectivity index (χ1n) is 13.2. The van der Waals surface area contributed by atoms with Crippen molar-refractivity contribution in [3.63, 3.8) is 0 Å². The Morgan fingerprint density at radius 1 is 1.08 bits per heavy atom. The van der Waals surface area contributed by atoms with E-state index < -0.39 is 48.2 Å². The second-order valence-corrected chi connectivity index (χ2v) is 10.4. The van der Waals surface area contributed by atoms with E-state index in [1.54, 1.807) is 33.8 Å². The van der Waals surface area contributed by atoms with Gasteiger partial charge in [0.05, 0.1) is 19.6 Å². The predicted octanol–water partition coefficient (Wildman–Crippen LogP) is 3.17. The van der Waals surface area contributed by atoms with Crippen LogP contribution in [0.15, 0.2) is 18.2 Å². The fraction of sp³-hybridized carbons (Fsp3) is 0.643. The van der Waals surface area contributed by atoms with Gasteiger partial charge in [-0.1, -0.05) is 38.5 Å². The second-order valence-electron chi connectivity index (χ2n) is 10.4. The molecule has 3 unspecified atom stereocenters. The summed E-state index contributed by atoms with van der Waals surface area (Å²) in [6.07, 6.45) is -0.205. The van der Waals surface area contributed by atoms with Crippen molar-refractivity contribution in [2.24, 2.45) is 5.92 Å². The van der Waals surface area contributed by atoms with E-state index in [-0.39, 0.29) is 32.0 Å². The van der Waals surface area contributed by atoms with Crippen LogP contribution in [-0.2, 0) is 23.9 Å². The van der Waals surface area contributed by atoms with Gasteiger partial charge in [0.25, 0.3) is 0 Å². The number of hydrogen-bond acceptors (Lipinski definition) is 7. The number of hydrogen-bond donors (Lipinski definition) is 3. The number of benzene rings is 1. The number of alkyl carbamates (subject to hydrolysis) is 1. The summed E-state index contributed by atoms with van der Waals surface area (Å²) in [6.45, 7) is 14.1. The number of nitrogens with one attached hydrogen (secondary N) is 2. The molecule has 0 radical (unpaired) electrons. The van der Waals surface area contributed by atoms with Crippen molar-refractivity contribution in [3.05, 3.63) is 34.9 Å². The van der Waals surface area contributed by atoms with Crippen LogP contribution in [0.25, 0.3) is 0 Å². The third kappa shape index (κ3) is 10.3. The first-order valence-corrected chi connectivity index (χ1v) is 13.2. The van der Waals surface area contributed by atoms with Gasteiger partial charge in [0.2, 0.25) is 11.8 Å². The summed E-state index contributed by atoms with van der Waals surface area (Å²) < 4.78 is 10.3. The lowest BCUT2D eigenvalue weighted by molar-refractivity contribution is -0.145. The maximum atomic E-state index is 14.0. The number of amides is 3. The number of carbonyl (C=O) groups is 4. The van der Waals surface area contributed by atoms with Crippen LogP contribution in [0.4, 0.5) is 4.79 Å². The quantitative estimate of drug-likeness (QED) is 0.330. The molecular weight excluding hydrogens is 490 g/mol. The van der Waals surface area contributed by atoms with Crippen molar-refractivity contribution in [1.82, 2.24) is 15.5 Å². The standard InChI is InChI=1S/C28H45N3O7/c1-9-18(3)23(30-27(36)38-28(6,7)8)26(35)31(15-16-32)24(21-12-11-19(4)20(5)17-21)25(34)29-14-13-22(33)37-10-2/h11-12,17-18,23-24,32H,9-10,13-16H2,1-8H3,(H,29,34)(H,30,36). The van der Waals surface area contributed by atoms with E-state index in [2.05, 4.69) is 10.6 Å². The van der Waals surface area contributed by atoms with Crippen LogP contribution in [0.3, 0.4) is 0 Å². The zero-order valence-corrected chi connectivity index (χ0v) is 24.1. The van der Waals surface area contributed by atoms with E-state index in [0.29, 0.717) is 12.0 Å². The maximum Gasteiger partial charge on any atom is 0.408 e. The molecule has 0 aliphatic heterocycles. The van der Waals surface area contributed by atoms with E-state index in [1.807, 2.05) is 39.8 Å². The van der Waals surface area contributed by atoms with Gasteiger partial charge in [0.1, 0.15) is 17.7 Å². The van der Waals surface area contributed by atoms with Gasteiger partial charge < -0.3 is 30.1 Å². The Kier molecular flexibility index (Phi) is 13.3. The molecule has 3 atom stereocenters. The Hall–Kier alpha value is -3.14. The molecule has 0 saturated carbocycles. The van der Waals surface area contributed by atoms with Gasteiger partial charge in [0.15, 0.2) is 0 Å². The van der Waals surface area contributed by atoms with Crippen LogP contribution >= 0.6 is 0 Å². The molecule has 1 rings (SSSR count). The van der Waals surface area contributed by atoms with E-state index in [0.717, 1.165) is 11.1 Å². The fourth-order valence-electron chi connectivity index (χ4n) is 3.80. The van der Waals surface area contributed by atoms with E-state index in [4.69, 9.17) is 9.47 Å². The molecule has 3 N–H and O–H groups in total. The average Bonchev–Trinajstić information content (AvgIpc) is 2.82. The molecule has 0 aromatic heterocycles. The van der Waals surface area contributed by atoms with Gasteiger partial charge in [-0.3, -0.25) is 14.4 Å². The molecule has 1 aromatic carbocycles. The summed E-state index contributed by atoms with van der Waals surface area (Å²) in [7, 11) is 0. The lowest BCUT2D eigenvalue weighted by Gasteiger charge is -2.36. The molecule has 1 aromatic rings. The second kappa shape index (κ2) is 15.3. The lowest BCUT2D eigenvalue weighted by atomic mass is 9.94. The number of esters is 1. The Balaban J connectivity index is 3.43. The van der Waals surface area contributed by atoms with Crippen molar-refractivity contribution < 1.29 is 33.8 Å². The fourth-order valence-corrected chi connectivity index (χ4v) is 3.80. The summed E-state index contributed by atoms with van der Waals surface area (Å²) in [6, 6.07) is 3.33. The molecule has 10 nitrogen and oxygen atoms in total. The lowest BCUT2D eigenvalue weighted by Crippen LogP contribution is -2.55. The van der Waals surface area contributed by atoms with Gasteiger partial charge in [0, 0.05) is 13.1 Å². The highest BCUT2D eigenvalue weighted by Crippen LogP contribution is 2.26. The summed E-state index contributed by atoms with van der Waals surface area (Å²) in [5.41, 5.74) is 1.72. The monoisotopic (exact) mass is 535 g/mol. The Morgan fingerprint density at radius 2 is 1.74 bits per heavy atom. The minimum absolute atomic E-state index is 0.0190. The van der Waals surface area contributed by atoms with Crippen molar-refractivity contribution in [3.8, 4) is 0 Å². The third-order valence-electron chi connectivity index (χ3n) is 6.12. The molecule has 0 heterocycles. The zero-order valence-electron chi connectivity index (χ0n) is 24.1. The van der Waals surface area contributed by atoms with Crippen LogP contribution in [0, 0.1) is 19.8 Å². The molecule has 0 saturated heterocycles. The SMILES string of the molecule is CCOC(=O)CCNC(=O)C(c1ccc(C)c(C)c1)N(CCO)C(=O)C(NC(=O)OC(C)(C)C)C(C)CC. The highest BCUT2D eigenvalue weighted by Gasteiger charge is 2.38. The maximum absolute atomic E-state index is 14.0. The number of ether oxygens (including phenoxy) is 2. The number of carbonyl (C=O) groups excluding carboxylic acids is 4. The number of nitrogens with zero attached hydrogens (tertiary/aromatic N) is 1. The van der Waals surface area contributed by atoms with Crippen LogP contribution in [0.5, 0.6) is 0 Å². The number of aliphatic hydroxyl groups excluding tert-OH is 1. The van der Waals surface area contributed by atoms with E-state index in [1.165, 1.54) is 4.90 Å². The number of aryl methyl sites for hydroxylation is 2. The minimum atomic E-state index is -1.11. The van der Waals surface area contributed by atoms with E-state index >= 15 is 0 Å². The highest BCUT2D eigenvalue weighted by atomic mass is 16.6.